The molecule has 1 aromatic heterocycles. The molecule has 1 aliphatic carbocycles. The van der Waals surface area contributed by atoms with Crippen LogP contribution in [0.15, 0.2) is 4.42 Å². The van der Waals surface area contributed by atoms with Crippen LogP contribution in [0.5, 0.6) is 0 Å². The lowest BCUT2D eigenvalue weighted by molar-refractivity contribution is 0.0862. The maximum atomic E-state index is 12.5. The monoisotopic (exact) mass is 292 g/mol. The zero-order valence-corrected chi connectivity index (χ0v) is 13.0. The van der Waals surface area contributed by atoms with E-state index in [2.05, 4.69) is 5.32 Å². The lowest BCUT2D eigenvalue weighted by atomic mass is 9.92. The van der Waals surface area contributed by atoms with Gasteiger partial charge >= 0.3 is 0 Å². The summed E-state index contributed by atoms with van der Waals surface area (Å²) in [6.45, 7) is 6.16. The maximum Gasteiger partial charge on any atom is 0.287 e. The van der Waals surface area contributed by atoms with Crippen LogP contribution in [-0.2, 0) is 6.42 Å². The highest BCUT2D eigenvalue weighted by molar-refractivity contribution is 6.03. The molecule has 0 atom stereocenters. The maximum absolute atomic E-state index is 12.5. The molecule has 1 aliphatic rings. The summed E-state index contributed by atoms with van der Waals surface area (Å²) in [5.41, 5.74) is 6.66. The van der Waals surface area contributed by atoms with Gasteiger partial charge < -0.3 is 15.5 Å². The fraction of sp³-hybridized carbons (Fsp3) is 0.625. The standard InChI is InChI=1S/C16H24N2O3/c1-4-16(5-2,9-17)18-15(20)14-10(3)13-11(19)7-6-8-12(13)21-14/h4-9,17H2,1-3H3,(H,18,20). The zero-order chi connectivity index (χ0) is 15.6. The zero-order valence-electron chi connectivity index (χ0n) is 13.0. The van der Waals surface area contributed by atoms with Crippen molar-refractivity contribution in [3.8, 4) is 0 Å². The van der Waals surface area contributed by atoms with Crippen LogP contribution in [0.2, 0.25) is 0 Å². The second kappa shape index (κ2) is 6.02. The van der Waals surface area contributed by atoms with Crippen LogP contribution in [0.3, 0.4) is 0 Å². The lowest BCUT2D eigenvalue weighted by Crippen LogP contribution is -2.52. The molecular weight excluding hydrogens is 268 g/mol. The van der Waals surface area contributed by atoms with E-state index >= 15 is 0 Å². The van der Waals surface area contributed by atoms with Crippen molar-refractivity contribution in [2.75, 3.05) is 6.54 Å². The largest absolute Gasteiger partial charge is 0.455 e. The van der Waals surface area contributed by atoms with Crippen molar-refractivity contribution in [3.63, 3.8) is 0 Å². The normalized spacial score (nSPS) is 15.0. The molecule has 5 nitrogen and oxygen atoms in total. The molecule has 2 rings (SSSR count). The minimum atomic E-state index is -0.416. The predicted molar refractivity (Wildman–Crippen MR) is 80.5 cm³/mol. The Morgan fingerprint density at radius 2 is 2.00 bits per heavy atom. The van der Waals surface area contributed by atoms with Crippen LogP contribution < -0.4 is 11.1 Å². The number of amides is 1. The van der Waals surface area contributed by atoms with E-state index in [4.69, 9.17) is 10.2 Å². The summed E-state index contributed by atoms with van der Waals surface area (Å²) < 4.78 is 5.67. The third kappa shape index (κ3) is 2.75. The van der Waals surface area contributed by atoms with E-state index in [9.17, 15) is 9.59 Å². The summed E-state index contributed by atoms with van der Waals surface area (Å²) in [4.78, 5) is 24.5. The van der Waals surface area contributed by atoms with Crippen molar-refractivity contribution < 1.29 is 14.0 Å². The SMILES string of the molecule is CCC(CC)(CN)NC(=O)c1oc2c(c1C)C(=O)CCC2. The van der Waals surface area contributed by atoms with Crippen molar-refractivity contribution in [3.05, 3.63) is 22.6 Å². The van der Waals surface area contributed by atoms with Crippen molar-refractivity contribution in [2.45, 2.75) is 58.4 Å². The van der Waals surface area contributed by atoms with Gasteiger partial charge in [0.1, 0.15) is 5.76 Å². The molecule has 1 heterocycles. The van der Waals surface area contributed by atoms with Crippen LogP contribution >= 0.6 is 0 Å². The molecule has 0 bridgehead atoms. The van der Waals surface area contributed by atoms with Crippen LogP contribution in [-0.4, -0.2) is 23.8 Å². The van der Waals surface area contributed by atoms with E-state index in [-0.39, 0.29) is 17.5 Å². The summed E-state index contributed by atoms with van der Waals surface area (Å²) in [6.07, 6.45) is 3.55. The number of nitrogens with two attached hydrogens (primary N) is 1. The number of furan rings is 1. The minimum Gasteiger partial charge on any atom is -0.455 e. The average Bonchev–Trinajstić information content (AvgIpc) is 2.83. The lowest BCUT2D eigenvalue weighted by Gasteiger charge is -2.31. The topological polar surface area (TPSA) is 85.3 Å². The highest BCUT2D eigenvalue weighted by Crippen LogP contribution is 2.29. The number of carbonyl (C=O) groups excluding carboxylic acids is 2. The van der Waals surface area contributed by atoms with Crippen molar-refractivity contribution in [2.24, 2.45) is 5.73 Å². The van der Waals surface area contributed by atoms with E-state index in [1.165, 1.54) is 0 Å². The number of aryl methyl sites for hydroxylation is 1. The van der Waals surface area contributed by atoms with E-state index in [0.29, 0.717) is 29.9 Å². The molecule has 116 valence electrons. The van der Waals surface area contributed by atoms with Crippen molar-refractivity contribution >= 4 is 11.7 Å². The van der Waals surface area contributed by atoms with Gasteiger partial charge in [-0.3, -0.25) is 9.59 Å². The second-order valence-electron chi connectivity index (χ2n) is 5.78. The molecule has 0 aliphatic heterocycles. The smallest absolute Gasteiger partial charge is 0.287 e. The Labute approximate surface area is 125 Å². The molecule has 0 radical (unpaired) electrons. The molecule has 0 unspecified atom stereocenters. The average molecular weight is 292 g/mol. The van der Waals surface area contributed by atoms with E-state index < -0.39 is 5.54 Å². The number of fused-ring (bicyclic) bond motifs is 1. The predicted octanol–water partition coefficient (Wildman–Crippen LogP) is 2.35. The number of nitrogens with one attached hydrogen (secondary N) is 1. The van der Waals surface area contributed by atoms with Gasteiger partial charge in [-0.2, -0.15) is 0 Å². The Kier molecular flexibility index (Phi) is 4.52. The van der Waals surface area contributed by atoms with E-state index in [0.717, 1.165) is 25.7 Å². The summed E-state index contributed by atoms with van der Waals surface area (Å²) >= 11 is 0. The fourth-order valence-electron chi connectivity index (χ4n) is 2.93. The quantitative estimate of drug-likeness (QED) is 0.872. The Morgan fingerprint density at radius 1 is 1.33 bits per heavy atom. The Hall–Kier alpha value is -1.62. The summed E-state index contributed by atoms with van der Waals surface area (Å²) in [6, 6.07) is 0. The van der Waals surface area contributed by atoms with Crippen LogP contribution in [0.1, 0.15) is 71.8 Å². The molecule has 3 N–H and O–H groups in total. The molecule has 0 aromatic carbocycles. The van der Waals surface area contributed by atoms with Gasteiger partial charge in [0.05, 0.1) is 11.1 Å². The molecule has 0 spiro atoms. The molecule has 1 amide bonds. The molecular formula is C16H24N2O3. The number of ketones is 1. The minimum absolute atomic E-state index is 0.0765. The first-order valence-electron chi connectivity index (χ1n) is 7.66. The van der Waals surface area contributed by atoms with Gasteiger partial charge in [0.25, 0.3) is 5.91 Å². The fourth-order valence-corrected chi connectivity index (χ4v) is 2.93. The molecule has 5 heteroatoms. The second-order valence-corrected chi connectivity index (χ2v) is 5.78. The molecule has 0 fully saturated rings. The number of Topliss-reactive ketones (excluding diaryl/α,β-unsaturated/α-hetero) is 1. The van der Waals surface area contributed by atoms with Crippen molar-refractivity contribution in [1.82, 2.24) is 5.32 Å². The molecule has 21 heavy (non-hydrogen) atoms. The summed E-state index contributed by atoms with van der Waals surface area (Å²) in [7, 11) is 0. The third-order valence-corrected chi connectivity index (χ3v) is 4.64. The number of rotatable bonds is 5. The molecule has 0 saturated heterocycles. The summed E-state index contributed by atoms with van der Waals surface area (Å²) in [5, 5.41) is 2.99. The first-order valence-corrected chi connectivity index (χ1v) is 7.66. The van der Waals surface area contributed by atoms with Crippen LogP contribution in [0, 0.1) is 6.92 Å². The van der Waals surface area contributed by atoms with Crippen molar-refractivity contribution in [1.29, 1.82) is 0 Å². The van der Waals surface area contributed by atoms with Gasteiger partial charge in [0, 0.05) is 24.9 Å². The Balaban J connectivity index is 2.31. The third-order valence-electron chi connectivity index (χ3n) is 4.64. The Bertz CT molecular complexity index is 548. The first kappa shape index (κ1) is 15.8. The number of hydrogen-bond acceptors (Lipinski definition) is 4. The van der Waals surface area contributed by atoms with Gasteiger partial charge in [0.15, 0.2) is 11.5 Å². The molecule has 0 saturated carbocycles. The van der Waals surface area contributed by atoms with E-state index in [1.54, 1.807) is 6.92 Å². The highest BCUT2D eigenvalue weighted by Gasteiger charge is 2.32. The van der Waals surface area contributed by atoms with Gasteiger partial charge in [-0.15, -0.1) is 0 Å². The van der Waals surface area contributed by atoms with Crippen LogP contribution in [0.25, 0.3) is 0 Å². The van der Waals surface area contributed by atoms with Crippen LogP contribution in [0.4, 0.5) is 0 Å². The highest BCUT2D eigenvalue weighted by atomic mass is 16.4. The van der Waals surface area contributed by atoms with Gasteiger partial charge in [-0.05, 0) is 26.2 Å². The first-order chi connectivity index (χ1) is 9.98. The van der Waals surface area contributed by atoms with E-state index in [1.807, 2.05) is 13.8 Å². The number of hydrogen-bond donors (Lipinski definition) is 2. The van der Waals surface area contributed by atoms with Gasteiger partial charge in [-0.1, -0.05) is 13.8 Å². The molecule has 1 aromatic rings. The summed E-state index contributed by atoms with van der Waals surface area (Å²) in [5.74, 6) is 0.715. The number of carbonyl (C=O) groups is 2. The van der Waals surface area contributed by atoms with Gasteiger partial charge in [-0.25, -0.2) is 0 Å². The van der Waals surface area contributed by atoms with Gasteiger partial charge in [0.2, 0.25) is 0 Å². The Morgan fingerprint density at radius 3 is 2.52 bits per heavy atom.